The Morgan fingerprint density at radius 2 is 1.39 bits per heavy atom. The Hall–Kier alpha value is -2.41. The lowest BCUT2D eigenvalue weighted by molar-refractivity contribution is 0.0291. The molecule has 0 radical (unpaired) electrons. The predicted molar refractivity (Wildman–Crippen MR) is 134 cm³/mol. The molecule has 2 rings (SSSR count). The van der Waals surface area contributed by atoms with E-state index in [-0.39, 0.29) is 11.1 Å². The lowest BCUT2D eigenvalue weighted by Crippen LogP contribution is -2.24. The average Bonchev–Trinajstić information content (AvgIpc) is 2.83. The zero-order valence-corrected chi connectivity index (χ0v) is 20.1. The summed E-state index contributed by atoms with van der Waals surface area (Å²) in [6, 6.07) is 14.6. The van der Waals surface area contributed by atoms with Crippen LogP contribution >= 0.6 is 0 Å². The van der Waals surface area contributed by atoms with Crippen LogP contribution in [-0.2, 0) is 13.1 Å². The molecule has 4 N–H and O–H groups in total. The van der Waals surface area contributed by atoms with Crippen LogP contribution in [0.5, 0.6) is 0 Å². The summed E-state index contributed by atoms with van der Waals surface area (Å²) in [5.41, 5.74) is 3.09. The number of unbranched alkanes of at least 4 members (excludes halogenated alkanes) is 9. The van der Waals surface area contributed by atoms with Gasteiger partial charge in [0.15, 0.2) is 0 Å². The van der Waals surface area contributed by atoms with E-state index in [2.05, 4.69) is 17.6 Å². The Bertz CT molecular complexity index is 793. The molecular formula is C27H41N3O3. The molecule has 33 heavy (non-hydrogen) atoms. The first-order valence-corrected chi connectivity index (χ1v) is 12.4. The van der Waals surface area contributed by atoms with Crippen LogP contribution in [0.1, 0.15) is 92.6 Å². The van der Waals surface area contributed by atoms with E-state index in [1.807, 2.05) is 36.4 Å². The summed E-state index contributed by atoms with van der Waals surface area (Å²) in [4.78, 5) is 12.5. The van der Waals surface area contributed by atoms with E-state index in [0.717, 1.165) is 24.1 Å². The standard InChI is InChI=1S/C27H41N3O3/c1-2-3-4-5-6-7-8-9-10-11-19-29-27(31)25-14-12-13-24(20-25)22-28-21-23-15-17-26(18-16-23)30(32)33/h12-18,20,28,32-33H,2-11,19,21-22H2,1H3,(H,29,31). The molecular weight excluding hydrogens is 414 g/mol. The van der Waals surface area contributed by atoms with Gasteiger partial charge in [-0.15, -0.1) is 5.23 Å². The van der Waals surface area contributed by atoms with E-state index in [0.29, 0.717) is 24.3 Å². The van der Waals surface area contributed by atoms with E-state index in [1.54, 1.807) is 12.1 Å². The van der Waals surface area contributed by atoms with Gasteiger partial charge in [0.05, 0.1) is 5.69 Å². The van der Waals surface area contributed by atoms with Crippen molar-refractivity contribution in [3.63, 3.8) is 0 Å². The van der Waals surface area contributed by atoms with Crippen LogP contribution in [0.25, 0.3) is 0 Å². The maximum atomic E-state index is 12.5. The van der Waals surface area contributed by atoms with Crippen molar-refractivity contribution in [1.29, 1.82) is 0 Å². The van der Waals surface area contributed by atoms with Crippen molar-refractivity contribution in [2.75, 3.05) is 11.8 Å². The summed E-state index contributed by atoms with van der Waals surface area (Å²) in [5.74, 6) is -0.0130. The number of benzene rings is 2. The van der Waals surface area contributed by atoms with Crippen LogP contribution < -0.4 is 15.9 Å². The molecule has 0 saturated carbocycles. The number of rotatable bonds is 17. The fourth-order valence-electron chi connectivity index (χ4n) is 3.84. The Kier molecular flexibility index (Phi) is 13.2. The molecule has 1 amide bonds. The zero-order chi connectivity index (χ0) is 23.7. The number of amides is 1. The van der Waals surface area contributed by atoms with Crippen molar-refractivity contribution < 1.29 is 15.2 Å². The van der Waals surface area contributed by atoms with Gasteiger partial charge in [-0.3, -0.25) is 15.2 Å². The monoisotopic (exact) mass is 455 g/mol. The average molecular weight is 456 g/mol. The normalized spacial score (nSPS) is 10.9. The van der Waals surface area contributed by atoms with E-state index >= 15 is 0 Å². The fraction of sp³-hybridized carbons (Fsp3) is 0.519. The highest BCUT2D eigenvalue weighted by Gasteiger charge is 2.06. The Labute approximate surface area is 198 Å². The number of hydrogen-bond acceptors (Lipinski definition) is 5. The molecule has 0 fully saturated rings. The lowest BCUT2D eigenvalue weighted by atomic mass is 10.1. The minimum absolute atomic E-state index is 0.0130. The zero-order valence-electron chi connectivity index (χ0n) is 20.1. The molecule has 0 saturated heterocycles. The second kappa shape index (κ2) is 16.2. The molecule has 2 aromatic carbocycles. The number of carbonyl (C=O) groups excluding carboxylic acids is 1. The van der Waals surface area contributed by atoms with Crippen molar-refractivity contribution in [3.05, 3.63) is 65.2 Å². The highest BCUT2D eigenvalue weighted by Crippen LogP contribution is 2.13. The van der Waals surface area contributed by atoms with Gasteiger partial charge in [-0.2, -0.15) is 0 Å². The largest absolute Gasteiger partial charge is 0.352 e. The molecule has 0 aromatic heterocycles. The van der Waals surface area contributed by atoms with Crippen molar-refractivity contribution in [2.45, 2.75) is 84.2 Å². The van der Waals surface area contributed by atoms with Gasteiger partial charge in [-0.25, -0.2) is 0 Å². The molecule has 0 aliphatic carbocycles. The first-order chi connectivity index (χ1) is 16.1. The summed E-state index contributed by atoms with van der Waals surface area (Å²) >= 11 is 0. The highest BCUT2D eigenvalue weighted by molar-refractivity contribution is 5.94. The van der Waals surface area contributed by atoms with Gasteiger partial charge in [-0.05, 0) is 41.8 Å². The summed E-state index contributed by atoms with van der Waals surface area (Å²) in [5, 5.41) is 24.5. The van der Waals surface area contributed by atoms with Crippen molar-refractivity contribution in [2.24, 2.45) is 0 Å². The minimum atomic E-state index is -0.0130. The first-order valence-electron chi connectivity index (χ1n) is 12.4. The van der Waals surface area contributed by atoms with Crippen molar-refractivity contribution in [1.82, 2.24) is 10.6 Å². The molecule has 0 spiro atoms. The SMILES string of the molecule is CCCCCCCCCCCCNC(=O)c1cccc(CNCc2ccc(N(O)O)cc2)c1. The van der Waals surface area contributed by atoms with Gasteiger partial charge in [0.25, 0.3) is 5.91 Å². The topological polar surface area (TPSA) is 84.8 Å². The van der Waals surface area contributed by atoms with E-state index < -0.39 is 0 Å². The molecule has 6 heteroatoms. The van der Waals surface area contributed by atoms with E-state index in [1.165, 1.54) is 57.8 Å². The smallest absolute Gasteiger partial charge is 0.251 e. The fourth-order valence-corrected chi connectivity index (χ4v) is 3.84. The molecule has 0 aliphatic heterocycles. The van der Waals surface area contributed by atoms with Gasteiger partial charge < -0.3 is 10.6 Å². The summed E-state index contributed by atoms with van der Waals surface area (Å²) in [6.07, 6.45) is 12.9. The quantitative estimate of drug-likeness (QED) is 0.168. The van der Waals surface area contributed by atoms with Gasteiger partial charge in [0.2, 0.25) is 0 Å². The van der Waals surface area contributed by atoms with Crippen LogP contribution in [-0.4, -0.2) is 22.9 Å². The molecule has 0 atom stereocenters. The Morgan fingerprint density at radius 1 is 0.788 bits per heavy atom. The molecule has 0 aliphatic rings. The molecule has 182 valence electrons. The number of nitrogens with one attached hydrogen (secondary N) is 2. The molecule has 0 unspecified atom stereocenters. The van der Waals surface area contributed by atoms with Gasteiger partial charge >= 0.3 is 0 Å². The second-order valence-electron chi connectivity index (χ2n) is 8.70. The molecule has 0 heterocycles. The predicted octanol–water partition coefficient (Wildman–Crippen LogP) is 6.21. The number of hydrogen-bond donors (Lipinski definition) is 4. The number of nitrogens with zero attached hydrogens (tertiary/aromatic N) is 1. The van der Waals surface area contributed by atoms with Crippen LogP contribution in [0.3, 0.4) is 0 Å². The third kappa shape index (κ3) is 11.3. The van der Waals surface area contributed by atoms with Gasteiger partial charge in [0.1, 0.15) is 0 Å². The van der Waals surface area contributed by atoms with Crippen LogP contribution in [0.15, 0.2) is 48.5 Å². The van der Waals surface area contributed by atoms with Crippen molar-refractivity contribution in [3.8, 4) is 0 Å². The van der Waals surface area contributed by atoms with Gasteiger partial charge in [-0.1, -0.05) is 89.0 Å². The molecule has 0 bridgehead atoms. The Morgan fingerprint density at radius 3 is 2.03 bits per heavy atom. The second-order valence-corrected chi connectivity index (χ2v) is 8.70. The molecule has 2 aromatic rings. The maximum absolute atomic E-state index is 12.5. The minimum Gasteiger partial charge on any atom is -0.352 e. The molecule has 6 nitrogen and oxygen atoms in total. The van der Waals surface area contributed by atoms with Crippen LogP contribution in [0, 0.1) is 0 Å². The first kappa shape index (κ1) is 26.8. The lowest BCUT2D eigenvalue weighted by Gasteiger charge is -2.10. The number of carbonyl (C=O) groups is 1. The van der Waals surface area contributed by atoms with Crippen LogP contribution in [0.2, 0.25) is 0 Å². The highest BCUT2D eigenvalue weighted by atomic mass is 16.8. The maximum Gasteiger partial charge on any atom is 0.251 e. The summed E-state index contributed by atoms with van der Waals surface area (Å²) in [6.45, 7) is 4.27. The van der Waals surface area contributed by atoms with E-state index in [4.69, 9.17) is 10.4 Å². The van der Waals surface area contributed by atoms with E-state index in [9.17, 15) is 4.79 Å². The third-order valence-corrected chi connectivity index (χ3v) is 5.83. The third-order valence-electron chi connectivity index (χ3n) is 5.83. The van der Waals surface area contributed by atoms with Crippen LogP contribution in [0.4, 0.5) is 5.69 Å². The summed E-state index contributed by atoms with van der Waals surface area (Å²) < 4.78 is 0. The van der Waals surface area contributed by atoms with Crippen molar-refractivity contribution >= 4 is 11.6 Å². The summed E-state index contributed by atoms with van der Waals surface area (Å²) in [7, 11) is 0. The van der Waals surface area contributed by atoms with Gasteiger partial charge in [0, 0.05) is 25.2 Å². The number of anilines is 1. The Balaban J connectivity index is 1.59.